The summed E-state index contributed by atoms with van der Waals surface area (Å²) in [6, 6.07) is 0.508. The van der Waals surface area contributed by atoms with Crippen LogP contribution >= 0.6 is 11.3 Å². The first-order valence-electron chi connectivity index (χ1n) is 8.12. The fourth-order valence-corrected chi connectivity index (χ4v) is 3.15. The van der Waals surface area contributed by atoms with Gasteiger partial charge in [0.05, 0.1) is 5.69 Å². The van der Waals surface area contributed by atoms with Crippen LogP contribution in [0.1, 0.15) is 65.5 Å². The fraction of sp³-hybridized carbons (Fsp3) is 0.824. The molecule has 1 aromatic heterocycles. The molecule has 4 heteroatoms. The summed E-state index contributed by atoms with van der Waals surface area (Å²) in [4.78, 5) is 8.63. The van der Waals surface area contributed by atoms with Crippen LogP contribution in [-0.4, -0.2) is 23.6 Å². The Morgan fingerprint density at radius 1 is 1.24 bits per heavy atom. The minimum absolute atomic E-state index is 0.144. The van der Waals surface area contributed by atoms with Gasteiger partial charge in [-0.15, -0.1) is 11.3 Å². The van der Waals surface area contributed by atoms with E-state index in [-0.39, 0.29) is 5.54 Å². The predicted octanol–water partition coefficient (Wildman–Crippen LogP) is 4.46. The van der Waals surface area contributed by atoms with E-state index in [1.165, 1.54) is 10.6 Å². The molecule has 0 saturated carbocycles. The molecule has 21 heavy (non-hydrogen) atoms. The Morgan fingerprint density at radius 2 is 1.86 bits per heavy atom. The molecule has 0 spiro atoms. The normalized spacial score (nSPS) is 13.8. The molecule has 1 unspecified atom stereocenters. The smallest absolute Gasteiger partial charge is 0.185 e. The fourth-order valence-electron chi connectivity index (χ4n) is 2.06. The zero-order chi connectivity index (χ0) is 16.2. The molecule has 1 atom stereocenters. The van der Waals surface area contributed by atoms with Crippen molar-refractivity contribution in [1.29, 1.82) is 0 Å². The number of thiazole rings is 1. The van der Waals surface area contributed by atoms with Gasteiger partial charge < -0.3 is 10.2 Å². The number of nitrogens with zero attached hydrogens (tertiary/aromatic N) is 2. The second-order valence-electron chi connectivity index (χ2n) is 7.32. The van der Waals surface area contributed by atoms with Crippen LogP contribution in [0.2, 0.25) is 0 Å². The average molecular weight is 312 g/mol. The number of aromatic nitrogens is 1. The van der Waals surface area contributed by atoms with Crippen molar-refractivity contribution in [2.45, 2.75) is 79.4 Å². The lowest BCUT2D eigenvalue weighted by Crippen LogP contribution is -2.35. The van der Waals surface area contributed by atoms with Gasteiger partial charge in [0, 0.05) is 30.1 Å². The van der Waals surface area contributed by atoms with Crippen molar-refractivity contribution in [3.8, 4) is 0 Å². The third kappa shape index (κ3) is 5.59. The summed E-state index contributed by atoms with van der Waals surface area (Å²) in [5.74, 6) is 0.629. The molecule has 1 aromatic rings. The maximum atomic E-state index is 4.91. The number of hydrogen-bond acceptors (Lipinski definition) is 4. The Kier molecular flexibility index (Phi) is 6.67. The van der Waals surface area contributed by atoms with Crippen LogP contribution < -0.4 is 10.2 Å². The van der Waals surface area contributed by atoms with Crippen molar-refractivity contribution < 1.29 is 0 Å². The highest BCUT2D eigenvalue weighted by Crippen LogP contribution is 2.29. The lowest BCUT2D eigenvalue weighted by atomic mass is 10.1. The highest BCUT2D eigenvalue weighted by atomic mass is 32.1. The van der Waals surface area contributed by atoms with E-state index in [2.05, 4.69) is 65.7 Å². The van der Waals surface area contributed by atoms with E-state index in [1.807, 2.05) is 11.3 Å². The van der Waals surface area contributed by atoms with E-state index < -0.39 is 0 Å². The largest absolute Gasteiger partial charge is 0.348 e. The van der Waals surface area contributed by atoms with Gasteiger partial charge in [0.2, 0.25) is 0 Å². The number of rotatable bonds is 7. The first-order chi connectivity index (χ1) is 9.65. The SMILES string of the molecule is CCCc1nc(N(C)C(C)C(C)C)sc1CNC(C)(C)C. The molecule has 0 radical (unpaired) electrons. The third-order valence-electron chi connectivity index (χ3n) is 3.91. The average Bonchev–Trinajstić information content (AvgIpc) is 2.77. The van der Waals surface area contributed by atoms with E-state index in [9.17, 15) is 0 Å². The van der Waals surface area contributed by atoms with Gasteiger partial charge in [-0.3, -0.25) is 0 Å². The molecule has 0 aliphatic rings. The zero-order valence-electron chi connectivity index (χ0n) is 15.1. The minimum Gasteiger partial charge on any atom is -0.348 e. The van der Waals surface area contributed by atoms with Crippen LogP contribution in [0.4, 0.5) is 5.13 Å². The van der Waals surface area contributed by atoms with Crippen LogP contribution in [0.5, 0.6) is 0 Å². The summed E-state index contributed by atoms with van der Waals surface area (Å²) in [6.07, 6.45) is 2.22. The Hall–Kier alpha value is -0.610. The van der Waals surface area contributed by atoms with Crippen LogP contribution in [0.15, 0.2) is 0 Å². The summed E-state index contributed by atoms with van der Waals surface area (Å²) >= 11 is 1.85. The van der Waals surface area contributed by atoms with Gasteiger partial charge in [-0.1, -0.05) is 27.2 Å². The van der Waals surface area contributed by atoms with Crippen molar-refractivity contribution in [2.24, 2.45) is 5.92 Å². The molecule has 0 saturated heterocycles. The summed E-state index contributed by atoms with van der Waals surface area (Å²) in [7, 11) is 2.17. The standard InChI is InChI=1S/C17H33N3S/c1-9-10-14-15(11-18-17(5,6)7)21-16(19-14)20(8)13(4)12(2)3/h12-13,18H,9-11H2,1-8H3. The lowest BCUT2D eigenvalue weighted by Gasteiger charge is -2.27. The second kappa shape index (κ2) is 7.59. The molecule has 0 aromatic carbocycles. The predicted molar refractivity (Wildman–Crippen MR) is 95.4 cm³/mol. The first kappa shape index (κ1) is 18.4. The summed E-state index contributed by atoms with van der Waals surface area (Å²) < 4.78 is 0. The maximum absolute atomic E-state index is 4.91. The molecular weight excluding hydrogens is 278 g/mol. The maximum Gasteiger partial charge on any atom is 0.185 e. The molecule has 1 N–H and O–H groups in total. The van der Waals surface area contributed by atoms with E-state index in [0.717, 1.165) is 24.5 Å². The van der Waals surface area contributed by atoms with Crippen LogP contribution in [0.3, 0.4) is 0 Å². The quantitative estimate of drug-likeness (QED) is 0.805. The Balaban J connectivity index is 2.92. The zero-order valence-corrected chi connectivity index (χ0v) is 15.9. The highest BCUT2D eigenvalue weighted by Gasteiger charge is 2.20. The van der Waals surface area contributed by atoms with E-state index >= 15 is 0 Å². The topological polar surface area (TPSA) is 28.2 Å². The number of anilines is 1. The molecule has 1 heterocycles. The van der Waals surface area contributed by atoms with Crippen molar-refractivity contribution in [3.05, 3.63) is 10.6 Å². The number of hydrogen-bond donors (Lipinski definition) is 1. The van der Waals surface area contributed by atoms with Crippen molar-refractivity contribution in [3.63, 3.8) is 0 Å². The second-order valence-corrected chi connectivity index (χ2v) is 8.38. The third-order valence-corrected chi connectivity index (χ3v) is 5.10. The minimum atomic E-state index is 0.144. The van der Waals surface area contributed by atoms with Gasteiger partial charge in [-0.25, -0.2) is 4.98 Å². The molecule has 0 aliphatic heterocycles. The summed E-state index contributed by atoms with van der Waals surface area (Å²) in [5.41, 5.74) is 1.42. The van der Waals surface area contributed by atoms with Crippen molar-refractivity contribution in [1.82, 2.24) is 10.3 Å². The van der Waals surface area contributed by atoms with Crippen molar-refractivity contribution in [2.75, 3.05) is 11.9 Å². The Labute approximate surface area is 135 Å². The molecular formula is C17H33N3S. The van der Waals surface area contributed by atoms with E-state index in [4.69, 9.17) is 4.98 Å². The van der Waals surface area contributed by atoms with Crippen LogP contribution in [-0.2, 0) is 13.0 Å². The molecule has 3 nitrogen and oxygen atoms in total. The molecule has 0 fully saturated rings. The lowest BCUT2D eigenvalue weighted by molar-refractivity contribution is 0.425. The van der Waals surface area contributed by atoms with Gasteiger partial charge in [-0.05, 0) is 40.0 Å². The summed E-state index contributed by atoms with van der Waals surface area (Å²) in [6.45, 7) is 16.6. The Morgan fingerprint density at radius 3 is 2.33 bits per heavy atom. The number of nitrogens with one attached hydrogen (secondary N) is 1. The molecule has 0 bridgehead atoms. The Bertz CT molecular complexity index is 432. The highest BCUT2D eigenvalue weighted by molar-refractivity contribution is 7.15. The van der Waals surface area contributed by atoms with Gasteiger partial charge >= 0.3 is 0 Å². The van der Waals surface area contributed by atoms with Gasteiger partial charge in [0.25, 0.3) is 0 Å². The first-order valence-corrected chi connectivity index (χ1v) is 8.93. The van der Waals surface area contributed by atoms with E-state index in [0.29, 0.717) is 12.0 Å². The van der Waals surface area contributed by atoms with Crippen LogP contribution in [0, 0.1) is 5.92 Å². The number of aryl methyl sites for hydroxylation is 1. The van der Waals surface area contributed by atoms with E-state index in [1.54, 1.807) is 0 Å². The molecule has 0 aliphatic carbocycles. The van der Waals surface area contributed by atoms with Gasteiger partial charge in [0.1, 0.15) is 0 Å². The monoisotopic (exact) mass is 311 g/mol. The molecule has 1 rings (SSSR count). The van der Waals surface area contributed by atoms with Crippen molar-refractivity contribution >= 4 is 16.5 Å². The molecule has 0 amide bonds. The van der Waals surface area contributed by atoms with Gasteiger partial charge in [-0.2, -0.15) is 0 Å². The van der Waals surface area contributed by atoms with Gasteiger partial charge in [0.15, 0.2) is 5.13 Å². The van der Waals surface area contributed by atoms with Crippen LogP contribution in [0.25, 0.3) is 0 Å². The molecule has 122 valence electrons. The summed E-state index contributed by atoms with van der Waals surface area (Å²) in [5, 5.41) is 4.75.